The van der Waals surface area contributed by atoms with E-state index in [2.05, 4.69) is 41.4 Å². The van der Waals surface area contributed by atoms with Crippen LogP contribution < -0.4 is 4.74 Å². The van der Waals surface area contributed by atoms with E-state index in [9.17, 15) is 4.79 Å². The highest BCUT2D eigenvalue weighted by molar-refractivity contribution is 7.99. The number of benzene rings is 3. The molecule has 0 spiro atoms. The molecule has 3 aromatic carbocycles. The predicted octanol–water partition coefficient (Wildman–Crippen LogP) is 5.21. The minimum atomic E-state index is 0.0332. The Hall–Kier alpha value is -3.58. The molecule has 0 unspecified atom stereocenters. The summed E-state index contributed by atoms with van der Waals surface area (Å²) in [6.07, 6.45) is 0. The summed E-state index contributed by atoms with van der Waals surface area (Å²) in [5, 5.41) is 9.41. The van der Waals surface area contributed by atoms with Gasteiger partial charge in [-0.15, -0.1) is 10.2 Å². The number of rotatable bonds is 9. The Balaban J connectivity index is 1.47. The fraction of sp³-hybridized carbons (Fsp3) is 0.222. The number of thioether (sulfide) groups is 1. The van der Waals surface area contributed by atoms with E-state index < -0.39 is 0 Å². The van der Waals surface area contributed by atoms with Crippen LogP contribution in [0.25, 0.3) is 5.69 Å². The second kappa shape index (κ2) is 11.0. The van der Waals surface area contributed by atoms with E-state index in [0.717, 1.165) is 22.6 Å². The number of hydrogen-bond acceptors (Lipinski definition) is 5. The van der Waals surface area contributed by atoms with Gasteiger partial charge >= 0.3 is 0 Å². The molecule has 0 N–H and O–H groups in total. The van der Waals surface area contributed by atoms with Crippen molar-refractivity contribution in [1.29, 1.82) is 0 Å². The fourth-order valence-electron chi connectivity index (χ4n) is 3.48. The first kappa shape index (κ1) is 23.6. The second-order valence-electron chi connectivity index (χ2n) is 8.15. The number of carbonyl (C=O) groups is 1. The maximum atomic E-state index is 12.8. The molecule has 4 rings (SSSR count). The SMILES string of the molecule is Cc1ccc(CN(C)C(=O)CSc2nnc(COc3ccccc3C)n2-c2ccccc2)cc1. The molecule has 7 heteroatoms. The van der Waals surface area contributed by atoms with Gasteiger partial charge in [-0.3, -0.25) is 9.36 Å². The molecule has 6 nitrogen and oxygen atoms in total. The smallest absolute Gasteiger partial charge is 0.233 e. The third kappa shape index (κ3) is 5.85. The van der Waals surface area contributed by atoms with Gasteiger partial charge in [0.1, 0.15) is 12.4 Å². The summed E-state index contributed by atoms with van der Waals surface area (Å²) in [5.74, 6) is 1.79. The van der Waals surface area contributed by atoms with Crippen LogP contribution >= 0.6 is 11.8 Å². The van der Waals surface area contributed by atoms with Crippen LogP contribution in [0.2, 0.25) is 0 Å². The Morgan fingerprint density at radius 3 is 2.38 bits per heavy atom. The Labute approximate surface area is 204 Å². The molecule has 4 aromatic rings. The lowest BCUT2D eigenvalue weighted by atomic mass is 10.1. The van der Waals surface area contributed by atoms with Gasteiger partial charge in [-0.25, -0.2) is 0 Å². The van der Waals surface area contributed by atoms with Crippen LogP contribution in [-0.2, 0) is 17.9 Å². The molecular weight excluding hydrogens is 444 g/mol. The van der Waals surface area contributed by atoms with Gasteiger partial charge in [-0.1, -0.05) is 78.0 Å². The van der Waals surface area contributed by atoms with E-state index in [-0.39, 0.29) is 18.3 Å². The summed E-state index contributed by atoms with van der Waals surface area (Å²) in [4.78, 5) is 14.6. The van der Waals surface area contributed by atoms with Crippen LogP contribution in [0, 0.1) is 13.8 Å². The minimum absolute atomic E-state index is 0.0332. The van der Waals surface area contributed by atoms with Crippen molar-refractivity contribution in [3.05, 3.63) is 101 Å². The van der Waals surface area contributed by atoms with Crippen LogP contribution in [0.1, 0.15) is 22.5 Å². The summed E-state index contributed by atoms with van der Waals surface area (Å²) in [6, 6.07) is 26.0. The highest BCUT2D eigenvalue weighted by Crippen LogP contribution is 2.24. The number of carbonyl (C=O) groups excluding carboxylic acids is 1. The predicted molar refractivity (Wildman–Crippen MR) is 135 cm³/mol. The summed E-state index contributed by atoms with van der Waals surface area (Å²) in [5.41, 5.74) is 4.30. The van der Waals surface area contributed by atoms with Crippen molar-refractivity contribution in [2.45, 2.75) is 32.2 Å². The average molecular weight is 473 g/mol. The molecule has 1 heterocycles. The van der Waals surface area contributed by atoms with Crippen LogP contribution in [-0.4, -0.2) is 38.4 Å². The van der Waals surface area contributed by atoms with Gasteiger partial charge in [0.15, 0.2) is 11.0 Å². The van der Waals surface area contributed by atoms with Crippen molar-refractivity contribution < 1.29 is 9.53 Å². The number of ether oxygens (including phenoxy) is 1. The summed E-state index contributed by atoms with van der Waals surface area (Å²) in [6.45, 7) is 4.91. The van der Waals surface area contributed by atoms with Gasteiger partial charge in [0.25, 0.3) is 0 Å². The zero-order chi connectivity index (χ0) is 23.9. The van der Waals surface area contributed by atoms with Crippen LogP contribution in [0.15, 0.2) is 84.0 Å². The van der Waals surface area contributed by atoms with E-state index in [0.29, 0.717) is 17.5 Å². The first-order valence-electron chi connectivity index (χ1n) is 11.1. The third-order valence-corrected chi connectivity index (χ3v) is 6.37. The Morgan fingerprint density at radius 1 is 0.941 bits per heavy atom. The molecule has 0 atom stereocenters. The fourth-order valence-corrected chi connectivity index (χ4v) is 4.39. The largest absolute Gasteiger partial charge is 0.485 e. The Kier molecular flexibility index (Phi) is 7.65. The van der Waals surface area contributed by atoms with Crippen LogP contribution in [0.3, 0.4) is 0 Å². The summed E-state index contributed by atoms with van der Waals surface area (Å²) < 4.78 is 7.98. The van der Waals surface area contributed by atoms with Gasteiger partial charge in [-0.05, 0) is 43.2 Å². The quantitative estimate of drug-likeness (QED) is 0.313. The molecule has 0 aliphatic carbocycles. The summed E-state index contributed by atoms with van der Waals surface area (Å²) in [7, 11) is 1.83. The molecule has 34 heavy (non-hydrogen) atoms. The number of hydrogen-bond donors (Lipinski definition) is 0. The molecule has 0 fully saturated rings. The first-order valence-corrected chi connectivity index (χ1v) is 12.1. The molecule has 0 aliphatic rings. The third-order valence-electron chi connectivity index (χ3n) is 5.46. The number of para-hydroxylation sites is 2. The number of amides is 1. The van der Waals surface area contributed by atoms with Crippen molar-refractivity contribution in [3.8, 4) is 11.4 Å². The molecule has 1 amide bonds. The van der Waals surface area contributed by atoms with Gasteiger partial charge in [-0.2, -0.15) is 0 Å². The number of nitrogens with zero attached hydrogens (tertiary/aromatic N) is 4. The molecule has 0 saturated carbocycles. The van der Waals surface area contributed by atoms with E-state index in [1.54, 1.807) is 4.90 Å². The van der Waals surface area contributed by atoms with Crippen LogP contribution in [0.4, 0.5) is 0 Å². The molecule has 0 bridgehead atoms. The zero-order valence-corrected chi connectivity index (χ0v) is 20.5. The average Bonchev–Trinajstić information content (AvgIpc) is 3.26. The minimum Gasteiger partial charge on any atom is -0.485 e. The lowest BCUT2D eigenvalue weighted by Gasteiger charge is -2.17. The lowest BCUT2D eigenvalue weighted by Crippen LogP contribution is -2.27. The molecule has 0 radical (unpaired) electrons. The standard InChI is InChI=1S/C27H28N4O2S/c1-20-13-15-22(16-14-20)17-30(3)26(32)19-34-27-29-28-25(31(27)23-10-5-4-6-11-23)18-33-24-12-8-7-9-21(24)2/h4-16H,17-19H2,1-3H3. The van der Waals surface area contributed by atoms with Crippen molar-refractivity contribution in [2.24, 2.45) is 0 Å². The van der Waals surface area contributed by atoms with Gasteiger partial charge < -0.3 is 9.64 Å². The van der Waals surface area contributed by atoms with Gasteiger partial charge in [0, 0.05) is 19.3 Å². The second-order valence-corrected chi connectivity index (χ2v) is 9.09. The number of aryl methyl sites for hydroxylation is 2. The highest BCUT2D eigenvalue weighted by Gasteiger charge is 2.18. The Morgan fingerprint density at radius 2 is 1.65 bits per heavy atom. The monoisotopic (exact) mass is 472 g/mol. The first-order chi connectivity index (χ1) is 16.5. The zero-order valence-electron chi connectivity index (χ0n) is 19.6. The maximum Gasteiger partial charge on any atom is 0.233 e. The van der Waals surface area contributed by atoms with Crippen molar-refractivity contribution in [3.63, 3.8) is 0 Å². The van der Waals surface area contributed by atoms with Gasteiger partial charge in [0.05, 0.1) is 5.75 Å². The maximum absolute atomic E-state index is 12.8. The van der Waals surface area contributed by atoms with Crippen LogP contribution in [0.5, 0.6) is 5.75 Å². The molecule has 174 valence electrons. The van der Waals surface area contributed by atoms with Crippen molar-refractivity contribution in [2.75, 3.05) is 12.8 Å². The topological polar surface area (TPSA) is 60.3 Å². The van der Waals surface area contributed by atoms with Crippen molar-refractivity contribution >= 4 is 17.7 Å². The molecule has 0 aliphatic heterocycles. The molecule has 0 saturated heterocycles. The molecular formula is C27H28N4O2S. The van der Waals surface area contributed by atoms with E-state index in [1.165, 1.54) is 17.3 Å². The summed E-state index contributed by atoms with van der Waals surface area (Å²) >= 11 is 1.38. The van der Waals surface area contributed by atoms with Gasteiger partial charge in [0.2, 0.25) is 5.91 Å². The van der Waals surface area contributed by atoms with E-state index in [1.807, 2.05) is 73.1 Å². The Bertz CT molecular complexity index is 1240. The van der Waals surface area contributed by atoms with E-state index in [4.69, 9.17) is 4.74 Å². The lowest BCUT2D eigenvalue weighted by molar-refractivity contribution is -0.127. The highest BCUT2D eigenvalue weighted by atomic mass is 32.2. The van der Waals surface area contributed by atoms with Crippen molar-refractivity contribution in [1.82, 2.24) is 19.7 Å². The molecule has 1 aromatic heterocycles. The number of aromatic nitrogens is 3. The van der Waals surface area contributed by atoms with E-state index >= 15 is 0 Å². The normalized spacial score (nSPS) is 10.8.